The molecule has 1 aliphatic carbocycles. The summed E-state index contributed by atoms with van der Waals surface area (Å²) in [5.74, 6) is -0.304. The summed E-state index contributed by atoms with van der Waals surface area (Å²) in [7, 11) is 0. The molecular formula is C9H15FN2O. The predicted octanol–water partition coefficient (Wildman–Crippen LogP) is 0.438. The maximum absolute atomic E-state index is 13.4. The first kappa shape index (κ1) is 8.94. The molecule has 0 aromatic heterocycles. The Labute approximate surface area is 77.1 Å². The fourth-order valence-electron chi connectivity index (χ4n) is 2.00. The second kappa shape index (κ2) is 2.94. The first-order valence-electron chi connectivity index (χ1n) is 4.83. The molecule has 1 saturated carbocycles. The van der Waals surface area contributed by atoms with Crippen molar-refractivity contribution in [2.24, 2.45) is 5.73 Å². The smallest absolute Gasteiger partial charge is 0.234 e. The minimum Gasteiger partial charge on any atom is -0.368 e. The summed E-state index contributed by atoms with van der Waals surface area (Å²) in [6.07, 6.45) is 3.05. The molecule has 0 spiro atoms. The summed E-state index contributed by atoms with van der Waals surface area (Å²) in [4.78, 5) is 12.9. The Morgan fingerprint density at radius 1 is 1.62 bits per heavy atom. The SMILES string of the molecule is NC(=O)C1CCCN1CC1(F)CC1. The van der Waals surface area contributed by atoms with E-state index in [1.165, 1.54) is 0 Å². The average molecular weight is 186 g/mol. The van der Waals surface area contributed by atoms with Gasteiger partial charge in [0, 0.05) is 6.54 Å². The average Bonchev–Trinajstić information content (AvgIpc) is 2.63. The van der Waals surface area contributed by atoms with Crippen molar-refractivity contribution in [1.82, 2.24) is 4.90 Å². The van der Waals surface area contributed by atoms with Crippen molar-refractivity contribution in [2.45, 2.75) is 37.4 Å². The van der Waals surface area contributed by atoms with Gasteiger partial charge in [-0.15, -0.1) is 0 Å². The lowest BCUT2D eigenvalue weighted by Gasteiger charge is -2.23. The number of nitrogens with zero attached hydrogens (tertiary/aromatic N) is 1. The van der Waals surface area contributed by atoms with E-state index in [1.807, 2.05) is 4.90 Å². The highest BCUT2D eigenvalue weighted by Gasteiger charge is 2.46. The minimum atomic E-state index is -1.00. The molecule has 2 fully saturated rings. The number of amides is 1. The lowest BCUT2D eigenvalue weighted by molar-refractivity contribution is -0.122. The molecule has 0 radical (unpaired) electrons. The number of rotatable bonds is 3. The number of primary amides is 1. The molecule has 74 valence electrons. The molecule has 1 heterocycles. The van der Waals surface area contributed by atoms with Gasteiger partial charge in [-0.1, -0.05) is 0 Å². The normalized spacial score (nSPS) is 31.9. The van der Waals surface area contributed by atoms with Crippen molar-refractivity contribution in [1.29, 1.82) is 0 Å². The first-order chi connectivity index (χ1) is 6.11. The zero-order chi connectivity index (χ0) is 9.47. The van der Waals surface area contributed by atoms with Crippen LogP contribution in [0.25, 0.3) is 0 Å². The van der Waals surface area contributed by atoms with E-state index in [1.54, 1.807) is 0 Å². The van der Waals surface area contributed by atoms with Gasteiger partial charge >= 0.3 is 0 Å². The molecule has 4 heteroatoms. The van der Waals surface area contributed by atoms with Crippen LogP contribution in [0, 0.1) is 0 Å². The van der Waals surface area contributed by atoms with Gasteiger partial charge in [-0.3, -0.25) is 9.69 Å². The molecule has 0 aromatic rings. The van der Waals surface area contributed by atoms with E-state index in [0.717, 1.165) is 19.4 Å². The molecule has 13 heavy (non-hydrogen) atoms. The van der Waals surface area contributed by atoms with Crippen molar-refractivity contribution >= 4 is 5.91 Å². The van der Waals surface area contributed by atoms with Crippen LogP contribution in [0.4, 0.5) is 4.39 Å². The topological polar surface area (TPSA) is 46.3 Å². The molecular weight excluding hydrogens is 171 g/mol. The number of hydrogen-bond donors (Lipinski definition) is 1. The zero-order valence-corrected chi connectivity index (χ0v) is 7.63. The number of likely N-dealkylation sites (tertiary alicyclic amines) is 1. The molecule has 2 N–H and O–H groups in total. The predicted molar refractivity (Wildman–Crippen MR) is 46.9 cm³/mol. The van der Waals surface area contributed by atoms with Crippen LogP contribution in [0.2, 0.25) is 0 Å². The molecule has 3 nitrogen and oxygen atoms in total. The minimum absolute atomic E-state index is 0.215. The molecule has 2 rings (SSSR count). The number of hydrogen-bond acceptors (Lipinski definition) is 2. The Balaban J connectivity index is 1.93. The fourth-order valence-corrected chi connectivity index (χ4v) is 2.00. The van der Waals surface area contributed by atoms with E-state index in [4.69, 9.17) is 5.73 Å². The lowest BCUT2D eigenvalue weighted by atomic mass is 10.2. The van der Waals surface area contributed by atoms with Gasteiger partial charge < -0.3 is 5.73 Å². The highest BCUT2D eigenvalue weighted by atomic mass is 19.1. The Morgan fingerprint density at radius 2 is 2.31 bits per heavy atom. The Hall–Kier alpha value is -0.640. The first-order valence-corrected chi connectivity index (χ1v) is 4.83. The highest BCUT2D eigenvalue weighted by molar-refractivity contribution is 5.80. The molecule has 1 unspecified atom stereocenters. The van der Waals surface area contributed by atoms with Crippen LogP contribution < -0.4 is 5.73 Å². The maximum Gasteiger partial charge on any atom is 0.234 e. The lowest BCUT2D eigenvalue weighted by Crippen LogP contribution is -2.43. The van der Waals surface area contributed by atoms with Gasteiger partial charge in [0.1, 0.15) is 5.67 Å². The van der Waals surface area contributed by atoms with E-state index in [2.05, 4.69) is 0 Å². The van der Waals surface area contributed by atoms with Crippen molar-refractivity contribution < 1.29 is 9.18 Å². The largest absolute Gasteiger partial charge is 0.368 e. The molecule has 1 saturated heterocycles. The quantitative estimate of drug-likeness (QED) is 0.695. The molecule has 0 bridgehead atoms. The van der Waals surface area contributed by atoms with Crippen LogP contribution >= 0.6 is 0 Å². The van der Waals surface area contributed by atoms with E-state index >= 15 is 0 Å². The van der Waals surface area contributed by atoms with Crippen molar-refractivity contribution in [2.75, 3.05) is 13.1 Å². The summed E-state index contributed by atoms with van der Waals surface area (Å²) < 4.78 is 13.4. The second-order valence-corrected chi connectivity index (χ2v) is 4.18. The van der Waals surface area contributed by atoms with Gasteiger partial charge in [0.2, 0.25) is 5.91 Å². The van der Waals surface area contributed by atoms with Gasteiger partial charge in [-0.25, -0.2) is 4.39 Å². The second-order valence-electron chi connectivity index (χ2n) is 4.18. The van der Waals surface area contributed by atoms with Crippen molar-refractivity contribution in [3.05, 3.63) is 0 Å². The number of alkyl halides is 1. The number of carbonyl (C=O) groups excluding carboxylic acids is 1. The highest BCUT2D eigenvalue weighted by Crippen LogP contribution is 2.41. The third-order valence-electron chi connectivity index (χ3n) is 2.97. The molecule has 1 atom stereocenters. The monoisotopic (exact) mass is 186 g/mol. The van der Waals surface area contributed by atoms with Gasteiger partial charge in [-0.2, -0.15) is 0 Å². The maximum atomic E-state index is 13.4. The van der Waals surface area contributed by atoms with Gasteiger partial charge in [0.25, 0.3) is 0 Å². The van der Waals surface area contributed by atoms with E-state index in [0.29, 0.717) is 19.4 Å². The third kappa shape index (κ3) is 1.82. The van der Waals surface area contributed by atoms with Crippen molar-refractivity contribution in [3.63, 3.8) is 0 Å². The summed E-state index contributed by atoms with van der Waals surface area (Å²) in [5, 5.41) is 0. The van der Waals surface area contributed by atoms with Crippen LogP contribution in [0.5, 0.6) is 0 Å². The van der Waals surface area contributed by atoms with Crippen molar-refractivity contribution in [3.8, 4) is 0 Å². The Kier molecular flexibility index (Phi) is 2.02. The summed E-state index contributed by atoms with van der Waals surface area (Å²) >= 11 is 0. The number of nitrogens with two attached hydrogens (primary N) is 1. The van der Waals surface area contributed by atoms with Gasteiger partial charge in [0.05, 0.1) is 6.04 Å². The number of carbonyl (C=O) groups is 1. The van der Waals surface area contributed by atoms with Crippen LogP contribution in [0.3, 0.4) is 0 Å². The summed E-state index contributed by atoms with van der Waals surface area (Å²) in [5.41, 5.74) is 4.22. The van der Waals surface area contributed by atoms with Crippen LogP contribution in [-0.2, 0) is 4.79 Å². The van der Waals surface area contributed by atoms with Gasteiger partial charge in [0.15, 0.2) is 0 Å². The van der Waals surface area contributed by atoms with E-state index in [-0.39, 0.29) is 11.9 Å². The summed E-state index contributed by atoms with van der Waals surface area (Å²) in [6.45, 7) is 1.22. The molecule has 1 amide bonds. The van der Waals surface area contributed by atoms with Crippen LogP contribution in [0.15, 0.2) is 0 Å². The molecule has 2 aliphatic rings. The van der Waals surface area contributed by atoms with E-state index < -0.39 is 5.67 Å². The molecule has 1 aliphatic heterocycles. The fraction of sp³-hybridized carbons (Fsp3) is 0.889. The zero-order valence-electron chi connectivity index (χ0n) is 7.63. The molecule has 0 aromatic carbocycles. The van der Waals surface area contributed by atoms with Crippen LogP contribution in [-0.4, -0.2) is 35.6 Å². The number of halogens is 1. The third-order valence-corrected chi connectivity index (χ3v) is 2.97. The summed E-state index contributed by atoms with van der Waals surface area (Å²) in [6, 6.07) is -0.215. The van der Waals surface area contributed by atoms with Crippen LogP contribution in [0.1, 0.15) is 25.7 Å². The standard InChI is InChI=1S/C9H15FN2O/c10-9(3-4-9)6-12-5-1-2-7(12)8(11)13/h7H,1-6H2,(H2,11,13). The van der Waals surface area contributed by atoms with E-state index in [9.17, 15) is 9.18 Å². The Bertz CT molecular complexity index is 228. The Morgan fingerprint density at radius 3 is 2.85 bits per heavy atom. The van der Waals surface area contributed by atoms with Gasteiger partial charge in [-0.05, 0) is 32.2 Å².